The number of hydrogen-bond donors (Lipinski definition) is 3. The Morgan fingerprint density at radius 3 is 2.52 bits per heavy atom. The molecule has 0 aliphatic heterocycles. The molecule has 10 heteroatoms. The molecule has 0 fully saturated rings. The summed E-state index contributed by atoms with van der Waals surface area (Å²) in [4.78, 5) is 20.8. The van der Waals surface area contributed by atoms with Crippen LogP contribution in [0.15, 0.2) is 35.2 Å². The highest BCUT2D eigenvalue weighted by atomic mass is 32.2. The van der Waals surface area contributed by atoms with Gasteiger partial charge in [-0.3, -0.25) is 4.79 Å². The van der Waals surface area contributed by atoms with Crippen LogP contribution < -0.4 is 15.8 Å². The molecule has 0 saturated heterocycles. The van der Waals surface area contributed by atoms with Crippen molar-refractivity contribution in [3.05, 3.63) is 47.3 Å². The number of aryl methyl sites for hydroxylation is 1. The van der Waals surface area contributed by atoms with Crippen LogP contribution in [0.3, 0.4) is 0 Å². The van der Waals surface area contributed by atoms with Crippen molar-refractivity contribution >= 4 is 21.9 Å². The molecule has 2 rings (SSSR count). The number of primary sulfonamides is 1. The van der Waals surface area contributed by atoms with Crippen LogP contribution in [0.5, 0.6) is 0 Å². The zero-order valence-corrected chi connectivity index (χ0v) is 16.0. The monoisotopic (exact) mass is 393 g/mol. The van der Waals surface area contributed by atoms with E-state index in [9.17, 15) is 13.2 Å². The number of sulfonamides is 1. The van der Waals surface area contributed by atoms with Crippen molar-refractivity contribution in [2.45, 2.75) is 18.2 Å². The zero-order chi connectivity index (χ0) is 19.9. The number of rotatable bonds is 9. The van der Waals surface area contributed by atoms with E-state index in [1.165, 1.54) is 12.1 Å². The lowest BCUT2D eigenvalue weighted by molar-refractivity contribution is 0.0949. The number of anilines is 1. The minimum atomic E-state index is -3.70. The van der Waals surface area contributed by atoms with E-state index in [1.54, 1.807) is 32.2 Å². The van der Waals surface area contributed by atoms with Gasteiger partial charge in [-0.05, 0) is 37.1 Å². The zero-order valence-electron chi connectivity index (χ0n) is 15.2. The molecule has 1 amide bonds. The molecule has 1 heterocycles. The molecule has 0 saturated carbocycles. The Balaban J connectivity index is 1.91. The number of carbonyl (C=O) groups excluding carboxylic acids is 1. The van der Waals surface area contributed by atoms with Crippen LogP contribution in [0.4, 0.5) is 5.95 Å². The van der Waals surface area contributed by atoms with E-state index in [0.29, 0.717) is 37.8 Å². The van der Waals surface area contributed by atoms with Crippen molar-refractivity contribution in [3.63, 3.8) is 0 Å². The molecule has 0 atom stereocenters. The average Bonchev–Trinajstić information content (AvgIpc) is 2.61. The molecule has 0 bridgehead atoms. The van der Waals surface area contributed by atoms with Gasteiger partial charge >= 0.3 is 0 Å². The molecule has 146 valence electrons. The van der Waals surface area contributed by atoms with Crippen molar-refractivity contribution in [3.8, 4) is 0 Å². The van der Waals surface area contributed by atoms with Crippen LogP contribution in [0.25, 0.3) is 0 Å². The van der Waals surface area contributed by atoms with E-state index in [1.807, 2.05) is 0 Å². The average molecular weight is 393 g/mol. The van der Waals surface area contributed by atoms with E-state index in [-0.39, 0.29) is 16.5 Å². The van der Waals surface area contributed by atoms with Gasteiger partial charge in [0.15, 0.2) is 0 Å². The highest BCUT2D eigenvalue weighted by Gasteiger charge is 2.11. The van der Waals surface area contributed by atoms with Gasteiger partial charge in [-0.2, -0.15) is 0 Å². The molecule has 0 unspecified atom stereocenters. The number of carbonyl (C=O) groups is 1. The van der Waals surface area contributed by atoms with E-state index >= 15 is 0 Å². The summed E-state index contributed by atoms with van der Waals surface area (Å²) in [7, 11) is -2.11. The molecular formula is C17H23N5O4S. The summed E-state index contributed by atoms with van der Waals surface area (Å²) < 4.78 is 27.4. The number of nitrogens with two attached hydrogens (primary N) is 1. The summed E-state index contributed by atoms with van der Waals surface area (Å²) >= 11 is 0. The fourth-order valence-electron chi connectivity index (χ4n) is 2.29. The van der Waals surface area contributed by atoms with Crippen molar-refractivity contribution in [1.82, 2.24) is 15.3 Å². The first kappa shape index (κ1) is 20.7. The highest BCUT2D eigenvalue weighted by Crippen LogP contribution is 2.09. The van der Waals surface area contributed by atoms with E-state index in [2.05, 4.69) is 20.6 Å². The second kappa shape index (κ2) is 9.40. The normalized spacial score (nSPS) is 11.2. The first-order valence-corrected chi connectivity index (χ1v) is 9.82. The Morgan fingerprint density at radius 1 is 1.19 bits per heavy atom. The van der Waals surface area contributed by atoms with Crippen LogP contribution in [0.1, 0.15) is 21.7 Å². The lowest BCUT2D eigenvalue weighted by Gasteiger charge is -2.09. The van der Waals surface area contributed by atoms with Crippen LogP contribution >= 0.6 is 0 Å². The van der Waals surface area contributed by atoms with Gasteiger partial charge in [0, 0.05) is 25.9 Å². The Hall–Kier alpha value is -2.56. The third-order valence-corrected chi connectivity index (χ3v) is 4.56. The quantitative estimate of drug-likeness (QED) is 0.527. The van der Waals surface area contributed by atoms with E-state index < -0.39 is 10.0 Å². The Labute approximate surface area is 158 Å². The Bertz CT molecular complexity index is 885. The maximum Gasteiger partial charge on any atom is 0.270 e. The molecule has 9 nitrogen and oxygen atoms in total. The predicted octanol–water partition coefficient (Wildman–Crippen LogP) is 0.463. The molecule has 1 aromatic heterocycles. The van der Waals surface area contributed by atoms with Crippen LogP contribution in [-0.4, -0.2) is 51.1 Å². The second-order valence-electron chi connectivity index (χ2n) is 5.83. The summed E-state index contributed by atoms with van der Waals surface area (Å²) in [5, 5.41) is 10.8. The fourth-order valence-corrected chi connectivity index (χ4v) is 2.80. The third kappa shape index (κ3) is 6.59. The van der Waals surface area contributed by atoms with Gasteiger partial charge in [0.2, 0.25) is 16.0 Å². The standard InChI is InChI=1S/C17H23N5O4S/c1-12-11-15(22-17(21-12)20-9-10-26-2)16(23)19-8-7-13-3-5-14(6-4-13)27(18,24)25/h3-6,11H,7-10H2,1-2H3,(H,19,23)(H2,18,24,25)(H,20,21,22). The van der Waals surface area contributed by atoms with E-state index in [0.717, 1.165) is 5.56 Å². The molecule has 0 aliphatic rings. The number of methoxy groups -OCH3 is 1. The fraction of sp³-hybridized carbons (Fsp3) is 0.353. The van der Waals surface area contributed by atoms with Gasteiger partial charge < -0.3 is 15.4 Å². The molecule has 0 aliphatic carbocycles. The smallest absolute Gasteiger partial charge is 0.270 e. The number of aromatic nitrogens is 2. The second-order valence-corrected chi connectivity index (χ2v) is 7.39. The molecule has 1 aromatic carbocycles. The number of hydrogen-bond acceptors (Lipinski definition) is 7. The molecular weight excluding hydrogens is 370 g/mol. The Kier molecular flexibility index (Phi) is 7.22. The minimum Gasteiger partial charge on any atom is -0.383 e. The van der Waals surface area contributed by atoms with Gasteiger partial charge in [-0.1, -0.05) is 12.1 Å². The largest absolute Gasteiger partial charge is 0.383 e. The number of ether oxygens (including phenoxy) is 1. The molecule has 4 N–H and O–H groups in total. The van der Waals surface area contributed by atoms with Gasteiger partial charge in [0.1, 0.15) is 5.69 Å². The van der Waals surface area contributed by atoms with Crippen LogP contribution in [-0.2, 0) is 21.2 Å². The molecule has 27 heavy (non-hydrogen) atoms. The van der Waals surface area contributed by atoms with Crippen molar-refractivity contribution < 1.29 is 17.9 Å². The highest BCUT2D eigenvalue weighted by molar-refractivity contribution is 7.89. The first-order chi connectivity index (χ1) is 12.8. The van der Waals surface area contributed by atoms with Gasteiger partial charge in [0.25, 0.3) is 5.91 Å². The molecule has 0 radical (unpaired) electrons. The predicted molar refractivity (Wildman–Crippen MR) is 101 cm³/mol. The number of nitrogens with zero attached hydrogens (tertiary/aromatic N) is 2. The lowest BCUT2D eigenvalue weighted by atomic mass is 10.1. The summed E-state index contributed by atoms with van der Waals surface area (Å²) in [6, 6.07) is 7.82. The molecule has 0 spiro atoms. The number of nitrogens with one attached hydrogen (secondary N) is 2. The van der Waals surface area contributed by atoms with E-state index in [4.69, 9.17) is 9.88 Å². The SMILES string of the molecule is COCCNc1nc(C)cc(C(=O)NCCc2ccc(S(N)(=O)=O)cc2)n1. The maximum atomic E-state index is 12.3. The lowest BCUT2D eigenvalue weighted by Crippen LogP contribution is -2.27. The van der Waals surface area contributed by atoms with Crippen molar-refractivity contribution in [2.75, 3.05) is 32.1 Å². The summed E-state index contributed by atoms with van der Waals surface area (Å²) in [6.07, 6.45) is 0.541. The van der Waals surface area contributed by atoms with Crippen LogP contribution in [0.2, 0.25) is 0 Å². The van der Waals surface area contributed by atoms with Crippen LogP contribution in [0, 0.1) is 6.92 Å². The number of amides is 1. The Morgan fingerprint density at radius 2 is 1.89 bits per heavy atom. The number of benzene rings is 1. The first-order valence-electron chi connectivity index (χ1n) is 8.28. The summed E-state index contributed by atoms with van der Waals surface area (Å²) in [5.74, 6) is 0.0623. The van der Waals surface area contributed by atoms with Gasteiger partial charge in [-0.15, -0.1) is 0 Å². The maximum absolute atomic E-state index is 12.3. The minimum absolute atomic E-state index is 0.0558. The summed E-state index contributed by atoms with van der Waals surface area (Å²) in [5.41, 5.74) is 1.82. The van der Waals surface area contributed by atoms with Gasteiger partial charge in [-0.25, -0.2) is 23.5 Å². The summed E-state index contributed by atoms with van der Waals surface area (Å²) in [6.45, 7) is 3.20. The third-order valence-electron chi connectivity index (χ3n) is 3.63. The van der Waals surface area contributed by atoms with Crippen molar-refractivity contribution in [1.29, 1.82) is 0 Å². The van der Waals surface area contributed by atoms with Crippen molar-refractivity contribution in [2.24, 2.45) is 5.14 Å². The van der Waals surface area contributed by atoms with Gasteiger partial charge in [0.05, 0.1) is 11.5 Å². The molecule has 2 aromatic rings. The topological polar surface area (TPSA) is 136 Å².